The van der Waals surface area contributed by atoms with Gasteiger partial charge >= 0.3 is 0 Å². The summed E-state index contributed by atoms with van der Waals surface area (Å²) in [5.74, 6) is -1.47. The van der Waals surface area contributed by atoms with E-state index in [9.17, 15) is 20.0 Å². The van der Waals surface area contributed by atoms with Crippen LogP contribution in [0.2, 0.25) is 0 Å². The molecule has 0 N–H and O–H groups in total. The lowest BCUT2D eigenvalue weighted by atomic mass is 10.2. The molecule has 0 radical (unpaired) electrons. The van der Waals surface area contributed by atoms with Crippen molar-refractivity contribution in [1.82, 2.24) is 14.8 Å². The summed E-state index contributed by atoms with van der Waals surface area (Å²) < 4.78 is 1.18. The molecule has 17 heavy (non-hydrogen) atoms. The zero-order valence-electron chi connectivity index (χ0n) is 8.31. The monoisotopic (exact) mass is 233 g/mol. The maximum absolute atomic E-state index is 10.8. The van der Waals surface area contributed by atoms with E-state index in [0.29, 0.717) is 0 Å². The van der Waals surface area contributed by atoms with E-state index in [4.69, 9.17) is 0 Å². The number of benzene rings is 1. The number of nitro benzene ring substituents is 1. The number of aromatic carboxylic acids is 1. The van der Waals surface area contributed by atoms with Crippen LogP contribution in [0.1, 0.15) is 10.4 Å². The summed E-state index contributed by atoms with van der Waals surface area (Å²) in [6, 6.07) is 3.41. The second-order valence-electron chi connectivity index (χ2n) is 3.09. The van der Waals surface area contributed by atoms with Crippen LogP contribution in [0.3, 0.4) is 0 Å². The summed E-state index contributed by atoms with van der Waals surface area (Å²) in [7, 11) is 0. The van der Waals surface area contributed by atoms with Gasteiger partial charge in [-0.1, -0.05) is 6.07 Å². The van der Waals surface area contributed by atoms with Crippen molar-refractivity contribution >= 4 is 11.7 Å². The maximum atomic E-state index is 10.8. The Hall–Kier alpha value is -2.77. The Kier molecular flexibility index (Phi) is 2.53. The van der Waals surface area contributed by atoms with Crippen molar-refractivity contribution in [2.24, 2.45) is 0 Å². The minimum absolute atomic E-state index is 0.137. The highest BCUT2D eigenvalue weighted by Crippen LogP contribution is 2.23. The first-order valence-corrected chi connectivity index (χ1v) is 4.44. The van der Waals surface area contributed by atoms with Crippen LogP contribution in [-0.2, 0) is 0 Å². The molecular formula is C9H5N4O4-. The van der Waals surface area contributed by atoms with Gasteiger partial charge in [-0.3, -0.25) is 10.1 Å². The fourth-order valence-corrected chi connectivity index (χ4v) is 1.32. The van der Waals surface area contributed by atoms with Crippen LogP contribution in [0.5, 0.6) is 0 Å². The molecule has 2 rings (SSSR count). The van der Waals surface area contributed by atoms with Crippen LogP contribution >= 0.6 is 0 Å². The Morgan fingerprint density at radius 3 is 2.71 bits per heavy atom. The van der Waals surface area contributed by atoms with Gasteiger partial charge in [0.05, 0.1) is 10.9 Å². The Morgan fingerprint density at radius 2 is 2.18 bits per heavy atom. The molecule has 8 heteroatoms. The van der Waals surface area contributed by atoms with Crippen LogP contribution in [0.15, 0.2) is 30.9 Å². The first kappa shape index (κ1) is 10.7. The van der Waals surface area contributed by atoms with E-state index in [1.165, 1.54) is 29.5 Å². The van der Waals surface area contributed by atoms with Crippen molar-refractivity contribution in [2.75, 3.05) is 0 Å². The average molecular weight is 233 g/mol. The molecule has 0 bridgehead atoms. The molecule has 0 aliphatic rings. The lowest BCUT2D eigenvalue weighted by Gasteiger charge is -2.05. The second kappa shape index (κ2) is 4.00. The molecule has 1 heterocycles. The van der Waals surface area contributed by atoms with Crippen molar-refractivity contribution in [3.8, 4) is 5.69 Å². The predicted octanol–water partition coefficient (Wildman–Crippen LogP) is -0.461. The van der Waals surface area contributed by atoms with Gasteiger partial charge < -0.3 is 9.90 Å². The molecule has 0 saturated carbocycles. The van der Waals surface area contributed by atoms with Gasteiger partial charge in [0.25, 0.3) is 5.69 Å². The standard InChI is InChI=1S/C9H6N4O4/c14-9(15)6-1-2-7(8(3-6)13(16)17)12-5-10-4-11-12/h1-5H,(H,14,15)/p-1. The van der Waals surface area contributed by atoms with Crippen molar-refractivity contribution in [3.63, 3.8) is 0 Å². The number of hydrogen-bond acceptors (Lipinski definition) is 6. The van der Waals surface area contributed by atoms with E-state index in [2.05, 4.69) is 10.1 Å². The van der Waals surface area contributed by atoms with Gasteiger partial charge in [0.15, 0.2) is 0 Å². The third-order valence-corrected chi connectivity index (χ3v) is 2.07. The Balaban J connectivity index is 2.61. The smallest absolute Gasteiger partial charge is 0.295 e. The van der Waals surface area contributed by atoms with Crippen molar-refractivity contribution in [2.45, 2.75) is 0 Å². The lowest BCUT2D eigenvalue weighted by Crippen LogP contribution is -2.22. The Bertz CT molecular complexity index is 579. The molecule has 0 atom stereocenters. The quantitative estimate of drug-likeness (QED) is 0.523. The summed E-state index contributed by atoms with van der Waals surface area (Å²) in [5, 5.41) is 25.2. The van der Waals surface area contributed by atoms with Gasteiger partial charge in [0.1, 0.15) is 18.3 Å². The fourth-order valence-electron chi connectivity index (χ4n) is 1.32. The SMILES string of the molecule is O=C([O-])c1ccc(-n2cncn2)c([N+](=O)[O-])c1. The molecule has 0 unspecified atom stereocenters. The molecule has 1 aromatic heterocycles. The molecule has 8 nitrogen and oxygen atoms in total. The summed E-state index contributed by atoms with van der Waals surface area (Å²) in [6.45, 7) is 0. The molecule has 0 fully saturated rings. The Labute approximate surface area is 94.3 Å². The van der Waals surface area contributed by atoms with Crippen LogP contribution in [0.4, 0.5) is 5.69 Å². The van der Waals surface area contributed by atoms with Gasteiger partial charge in [0, 0.05) is 11.6 Å². The number of carbonyl (C=O) groups is 1. The molecule has 0 spiro atoms. The van der Waals surface area contributed by atoms with Gasteiger partial charge in [-0.25, -0.2) is 9.67 Å². The van der Waals surface area contributed by atoms with Gasteiger partial charge in [-0.05, 0) is 6.07 Å². The second-order valence-corrected chi connectivity index (χ2v) is 3.09. The molecule has 0 aliphatic carbocycles. The zero-order chi connectivity index (χ0) is 12.4. The molecule has 2 aromatic rings. The van der Waals surface area contributed by atoms with Crippen molar-refractivity contribution in [1.29, 1.82) is 0 Å². The van der Waals surface area contributed by atoms with Gasteiger partial charge in [-0.2, -0.15) is 5.10 Å². The molecule has 86 valence electrons. The number of nitrogens with zero attached hydrogens (tertiary/aromatic N) is 4. The highest BCUT2D eigenvalue weighted by molar-refractivity contribution is 5.87. The highest BCUT2D eigenvalue weighted by atomic mass is 16.6. The number of carbonyl (C=O) groups excluding carboxylic acids is 1. The van der Waals surface area contributed by atoms with Crippen molar-refractivity contribution < 1.29 is 14.8 Å². The number of hydrogen-bond donors (Lipinski definition) is 0. The predicted molar refractivity (Wildman–Crippen MR) is 52.3 cm³/mol. The van der Waals surface area contributed by atoms with E-state index >= 15 is 0 Å². The number of carboxylic acids is 1. The van der Waals surface area contributed by atoms with E-state index in [1.807, 2.05) is 0 Å². The van der Waals surface area contributed by atoms with Crippen LogP contribution in [0, 0.1) is 10.1 Å². The van der Waals surface area contributed by atoms with Gasteiger partial charge in [0.2, 0.25) is 0 Å². The first-order valence-electron chi connectivity index (χ1n) is 4.44. The lowest BCUT2D eigenvalue weighted by molar-refractivity contribution is -0.384. The fraction of sp³-hybridized carbons (Fsp3) is 0. The molecular weight excluding hydrogens is 228 g/mol. The summed E-state index contributed by atoms with van der Waals surface area (Å²) in [4.78, 5) is 24.4. The Morgan fingerprint density at radius 1 is 1.41 bits per heavy atom. The minimum Gasteiger partial charge on any atom is -0.545 e. The number of carboxylic acid groups (broad SMARTS) is 1. The summed E-state index contributed by atoms with van der Waals surface area (Å²) >= 11 is 0. The van der Waals surface area contributed by atoms with E-state index < -0.39 is 10.9 Å². The van der Waals surface area contributed by atoms with Gasteiger partial charge in [-0.15, -0.1) is 0 Å². The normalized spacial score (nSPS) is 10.1. The number of nitro groups is 1. The molecule has 0 aliphatic heterocycles. The van der Waals surface area contributed by atoms with E-state index in [-0.39, 0.29) is 16.9 Å². The van der Waals surface area contributed by atoms with E-state index in [0.717, 1.165) is 6.07 Å². The maximum Gasteiger partial charge on any atom is 0.295 e. The van der Waals surface area contributed by atoms with E-state index in [1.54, 1.807) is 0 Å². The zero-order valence-corrected chi connectivity index (χ0v) is 8.31. The molecule has 0 saturated heterocycles. The third-order valence-electron chi connectivity index (χ3n) is 2.07. The molecule has 1 aromatic carbocycles. The third kappa shape index (κ3) is 1.95. The largest absolute Gasteiger partial charge is 0.545 e. The van der Waals surface area contributed by atoms with Crippen LogP contribution in [0.25, 0.3) is 5.69 Å². The minimum atomic E-state index is -1.47. The van der Waals surface area contributed by atoms with Crippen molar-refractivity contribution in [3.05, 3.63) is 46.5 Å². The number of aromatic nitrogens is 3. The molecule has 0 amide bonds. The topological polar surface area (TPSA) is 114 Å². The average Bonchev–Trinajstić information content (AvgIpc) is 2.81. The number of rotatable bonds is 3. The van der Waals surface area contributed by atoms with Crippen LogP contribution < -0.4 is 5.11 Å². The highest BCUT2D eigenvalue weighted by Gasteiger charge is 2.16. The summed E-state index contributed by atoms with van der Waals surface area (Å²) in [6.07, 6.45) is 2.50. The van der Waals surface area contributed by atoms with Crippen LogP contribution in [-0.4, -0.2) is 25.7 Å². The summed E-state index contributed by atoms with van der Waals surface area (Å²) in [5.41, 5.74) is -0.504. The first-order chi connectivity index (χ1) is 8.09.